The van der Waals surface area contributed by atoms with Crippen LogP contribution in [0.15, 0.2) is 0 Å². The van der Waals surface area contributed by atoms with Crippen LogP contribution >= 0.6 is 0 Å². The van der Waals surface area contributed by atoms with Gasteiger partial charge in [0.25, 0.3) is 0 Å². The van der Waals surface area contributed by atoms with E-state index in [4.69, 9.17) is 9.47 Å². The third-order valence-electron chi connectivity index (χ3n) is 8.02. The van der Waals surface area contributed by atoms with E-state index in [-0.39, 0.29) is 11.2 Å². The highest BCUT2D eigenvalue weighted by Gasteiger charge is 2.21. The second-order valence-corrected chi connectivity index (χ2v) is 15.3. The Hall–Kier alpha value is -0.0800. The molecule has 0 saturated carbocycles. The molecular weight excluding hydrogens is 440 g/mol. The molecule has 0 rings (SSSR count). The van der Waals surface area contributed by atoms with Crippen molar-refractivity contribution in [3.05, 3.63) is 0 Å². The molecule has 0 bridgehead atoms. The first kappa shape index (κ1) is 35.9. The second-order valence-electron chi connectivity index (χ2n) is 15.3. The molecule has 0 aromatic rings. The number of rotatable bonds is 22. The van der Waals surface area contributed by atoms with Gasteiger partial charge in [0, 0.05) is 13.2 Å². The highest BCUT2D eigenvalue weighted by atomic mass is 16.5. The Bertz CT molecular complexity index is 514. The summed E-state index contributed by atoms with van der Waals surface area (Å²) in [6.07, 6.45) is 16.5. The van der Waals surface area contributed by atoms with Gasteiger partial charge in [-0.05, 0) is 88.9 Å². The van der Waals surface area contributed by atoms with Crippen LogP contribution < -0.4 is 0 Å². The molecule has 2 heteroatoms. The summed E-state index contributed by atoms with van der Waals surface area (Å²) >= 11 is 0. The van der Waals surface area contributed by atoms with Crippen molar-refractivity contribution in [2.24, 2.45) is 29.1 Å². The van der Waals surface area contributed by atoms with E-state index in [1.807, 2.05) is 0 Å². The van der Waals surface area contributed by atoms with Gasteiger partial charge >= 0.3 is 0 Å². The average Bonchev–Trinajstić information content (AvgIpc) is 2.71. The first-order valence-corrected chi connectivity index (χ1v) is 15.8. The molecular formula is C34H70O2. The predicted molar refractivity (Wildman–Crippen MR) is 162 cm³/mol. The van der Waals surface area contributed by atoms with Crippen LogP contribution in [0.3, 0.4) is 0 Å². The molecule has 3 atom stereocenters. The van der Waals surface area contributed by atoms with Gasteiger partial charge < -0.3 is 9.47 Å². The van der Waals surface area contributed by atoms with E-state index in [9.17, 15) is 0 Å². The second kappa shape index (κ2) is 18.3. The van der Waals surface area contributed by atoms with Gasteiger partial charge in [-0.15, -0.1) is 0 Å². The summed E-state index contributed by atoms with van der Waals surface area (Å²) in [5.74, 6) is 3.15. The van der Waals surface area contributed by atoms with E-state index in [0.29, 0.717) is 5.41 Å². The monoisotopic (exact) mass is 511 g/mol. The number of hydrogen-bond donors (Lipinski definition) is 0. The predicted octanol–water partition coefficient (Wildman–Crippen LogP) is 11.3. The molecule has 0 aromatic carbocycles. The number of ether oxygens (including phenoxy) is 2. The minimum atomic E-state index is -0.000117. The maximum Gasteiger partial charge on any atom is 0.0626 e. The van der Waals surface area contributed by atoms with Crippen molar-refractivity contribution in [1.29, 1.82) is 0 Å². The molecule has 0 amide bonds. The minimum Gasteiger partial charge on any atom is -0.376 e. The lowest BCUT2D eigenvalue weighted by Gasteiger charge is -2.28. The molecule has 218 valence electrons. The summed E-state index contributed by atoms with van der Waals surface area (Å²) in [6.45, 7) is 29.8. The Morgan fingerprint density at radius 1 is 0.444 bits per heavy atom. The van der Waals surface area contributed by atoms with Gasteiger partial charge in [0.2, 0.25) is 0 Å². The molecule has 0 aliphatic carbocycles. The topological polar surface area (TPSA) is 18.5 Å². The molecule has 2 nitrogen and oxygen atoms in total. The van der Waals surface area contributed by atoms with Crippen LogP contribution in [0.2, 0.25) is 0 Å². The summed E-state index contributed by atoms with van der Waals surface area (Å²) in [6, 6.07) is 0. The van der Waals surface area contributed by atoms with Crippen LogP contribution in [0, 0.1) is 29.1 Å². The lowest BCUT2D eigenvalue weighted by atomic mass is 9.85. The fraction of sp³-hybridized carbons (Fsp3) is 1.00. The zero-order valence-electron chi connectivity index (χ0n) is 27.2. The van der Waals surface area contributed by atoms with Gasteiger partial charge in [-0.3, -0.25) is 0 Å². The largest absolute Gasteiger partial charge is 0.376 e. The SMILES string of the molecule is CC(C)CCCC(C)CCOC(C)(C)CCCC(C)CCOC(C)(C)CCCC(C)CCC(C)(C)C. The first-order valence-electron chi connectivity index (χ1n) is 15.8. The first-order chi connectivity index (χ1) is 16.5. The Balaban J connectivity index is 3.94. The van der Waals surface area contributed by atoms with Crippen LogP contribution in [0.25, 0.3) is 0 Å². The maximum absolute atomic E-state index is 6.34. The molecule has 0 saturated heterocycles. The zero-order chi connectivity index (χ0) is 27.8. The zero-order valence-corrected chi connectivity index (χ0v) is 27.2. The molecule has 0 aliphatic heterocycles. The van der Waals surface area contributed by atoms with E-state index in [1.165, 1.54) is 77.0 Å². The molecule has 0 radical (unpaired) electrons. The Morgan fingerprint density at radius 3 is 1.22 bits per heavy atom. The van der Waals surface area contributed by atoms with Crippen molar-refractivity contribution in [2.75, 3.05) is 13.2 Å². The van der Waals surface area contributed by atoms with Crippen molar-refractivity contribution < 1.29 is 9.47 Å². The fourth-order valence-electron chi connectivity index (χ4n) is 4.96. The fourth-order valence-corrected chi connectivity index (χ4v) is 4.96. The Morgan fingerprint density at radius 2 is 0.833 bits per heavy atom. The third kappa shape index (κ3) is 23.1. The van der Waals surface area contributed by atoms with Crippen molar-refractivity contribution in [3.8, 4) is 0 Å². The molecule has 0 aromatic heterocycles. The lowest BCUT2D eigenvalue weighted by Crippen LogP contribution is -2.26. The van der Waals surface area contributed by atoms with Gasteiger partial charge in [0.05, 0.1) is 11.2 Å². The van der Waals surface area contributed by atoms with Crippen molar-refractivity contribution in [3.63, 3.8) is 0 Å². The summed E-state index contributed by atoms with van der Waals surface area (Å²) in [4.78, 5) is 0. The van der Waals surface area contributed by atoms with E-state index in [0.717, 1.165) is 43.3 Å². The van der Waals surface area contributed by atoms with Gasteiger partial charge in [0.1, 0.15) is 0 Å². The molecule has 0 aliphatic rings. The van der Waals surface area contributed by atoms with Crippen molar-refractivity contribution in [2.45, 2.75) is 178 Å². The quantitative estimate of drug-likeness (QED) is 0.144. The molecule has 0 spiro atoms. The van der Waals surface area contributed by atoms with Crippen LogP contribution in [-0.4, -0.2) is 24.4 Å². The smallest absolute Gasteiger partial charge is 0.0626 e. The molecule has 36 heavy (non-hydrogen) atoms. The average molecular weight is 511 g/mol. The lowest BCUT2D eigenvalue weighted by molar-refractivity contribution is -0.0346. The molecule has 0 heterocycles. The van der Waals surface area contributed by atoms with Crippen LogP contribution in [0.5, 0.6) is 0 Å². The van der Waals surface area contributed by atoms with Crippen LogP contribution in [0.1, 0.15) is 167 Å². The summed E-state index contributed by atoms with van der Waals surface area (Å²) in [5.41, 5.74) is 0.465. The van der Waals surface area contributed by atoms with Gasteiger partial charge in [0.15, 0.2) is 0 Å². The van der Waals surface area contributed by atoms with Gasteiger partial charge in [-0.2, -0.15) is 0 Å². The molecule has 0 fully saturated rings. The summed E-state index contributed by atoms with van der Waals surface area (Å²) < 4.78 is 12.6. The van der Waals surface area contributed by atoms with Gasteiger partial charge in [-0.25, -0.2) is 0 Å². The standard InChI is InChI=1S/C34H70O2/c1-28(2)16-13-17-30(4)21-26-35-34(11,12)24-15-19-31(5)22-27-36-33(9,10)23-14-18-29(3)20-25-32(6,7)8/h28-31H,13-27H2,1-12H3. The third-order valence-corrected chi connectivity index (χ3v) is 8.02. The Labute approximate surface area is 229 Å². The highest BCUT2D eigenvalue weighted by molar-refractivity contribution is 4.72. The number of hydrogen-bond acceptors (Lipinski definition) is 2. The Kier molecular flexibility index (Phi) is 18.2. The van der Waals surface area contributed by atoms with E-state index in [1.54, 1.807) is 0 Å². The van der Waals surface area contributed by atoms with E-state index >= 15 is 0 Å². The summed E-state index contributed by atoms with van der Waals surface area (Å²) in [7, 11) is 0. The van der Waals surface area contributed by atoms with Gasteiger partial charge in [-0.1, -0.05) is 107 Å². The van der Waals surface area contributed by atoms with Crippen LogP contribution in [-0.2, 0) is 9.47 Å². The van der Waals surface area contributed by atoms with Crippen LogP contribution in [0.4, 0.5) is 0 Å². The maximum atomic E-state index is 6.34. The minimum absolute atomic E-state index is 0.000117. The highest BCUT2D eigenvalue weighted by Crippen LogP contribution is 2.28. The van der Waals surface area contributed by atoms with Crippen molar-refractivity contribution in [1.82, 2.24) is 0 Å². The van der Waals surface area contributed by atoms with Crippen molar-refractivity contribution >= 4 is 0 Å². The molecule has 3 unspecified atom stereocenters. The molecule has 0 N–H and O–H groups in total. The van der Waals surface area contributed by atoms with E-state index in [2.05, 4.69) is 83.1 Å². The van der Waals surface area contributed by atoms with E-state index < -0.39 is 0 Å². The summed E-state index contributed by atoms with van der Waals surface area (Å²) in [5, 5.41) is 0. The normalized spacial score (nSPS) is 15.9.